The van der Waals surface area contributed by atoms with E-state index in [0.717, 1.165) is 17.4 Å². The lowest BCUT2D eigenvalue weighted by atomic mass is 10.1. The van der Waals surface area contributed by atoms with Crippen LogP contribution in [0.5, 0.6) is 0 Å². The van der Waals surface area contributed by atoms with Crippen molar-refractivity contribution in [3.8, 4) is 16.6 Å². The van der Waals surface area contributed by atoms with Gasteiger partial charge >= 0.3 is 0 Å². The van der Waals surface area contributed by atoms with Gasteiger partial charge in [-0.3, -0.25) is 4.79 Å². The highest BCUT2D eigenvalue weighted by Crippen LogP contribution is 2.36. The maximum atomic E-state index is 13.9. The van der Waals surface area contributed by atoms with Gasteiger partial charge in [0.25, 0.3) is 5.91 Å². The summed E-state index contributed by atoms with van der Waals surface area (Å²) < 4.78 is 43.9. The van der Waals surface area contributed by atoms with Crippen molar-refractivity contribution in [1.82, 2.24) is 9.97 Å². The van der Waals surface area contributed by atoms with E-state index < -0.39 is 23.6 Å². The molecule has 10 heteroatoms. The van der Waals surface area contributed by atoms with Crippen molar-refractivity contribution in [2.75, 3.05) is 35.2 Å². The van der Waals surface area contributed by atoms with Crippen molar-refractivity contribution in [1.29, 1.82) is 5.26 Å². The van der Waals surface area contributed by atoms with E-state index in [0.29, 0.717) is 46.3 Å². The Morgan fingerprint density at radius 1 is 1.34 bits per heavy atom. The minimum atomic E-state index is -0.928. The number of nitrogen functional groups attached to an aromatic ring is 1. The molecule has 0 radical (unpaired) electrons. The maximum Gasteiger partial charge on any atom is 0.270 e. The first-order chi connectivity index (χ1) is 16.3. The topological polar surface area (TPSA) is 99.1 Å². The number of nitriles is 1. The van der Waals surface area contributed by atoms with E-state index in [4.69, 9.17) is 8.48 Å². The van der Waals surface area contributed by atoms with Crippen molar-refractivity contribution < 1.29 is 16.3 Å². The van der Waals surface area contributed by atoms with Crippen LogP contribution in [-0.2, 0) is 6.42 Å². The highest BCUT2D eigenvalue weighted by molar-refractivity contribution is 7.17. The second-order valence-corrected chi connectivity index (χ2v) is 8.54. The fraction of sp³-hybridized carbons (Fsp3) is 0.273. The van der Waals surface area contributed by atoms with Crippen molar-refractivity contribution in [2.24, 2.45) is 0 Å². The molecule has 1 saturated heterocycles. The van der Waals surface area contributed by atoms with Gasteiger partial charge in [-0.1, -0.05) is 0 Å². The van der Waals surface area contributed by atoms with Crippen LogP contribution in [0.4, 0.5) is 26.0 Å². The molecule has 5 rings (SSSR count). The van der Waals surface area contributed by atoms with E-state index in [9.17, 15) is 18.8 Å². The van der Waals surface area contributed by atoms with Crippen LogP contribution in [0.1, 0.15) is 30.1 Å². The van der Waals surface area contributed by atoms with Crippen LogP contribution in [-0.4, -0.2) is 41.7 Å². The number of carbonyl (C=O) groups excluding carboxylic acids is 1. The van der Waals surface area contributed by atoms with Gasteiger partial charge in [0.15, 0.2) is 0 Å². The Kier molecular flexibility index (Phi) is 4.42. The van der Waals surface area contributed by atoms with E-state index in [1.807, 2.05) is 6.07 Å². The Balaban J connectivity index is 1.47. The molecule has 4 heterocycles. The highest BCUT2D eigenvalue weighted by atomic mass is 32.1. The van der Waals surface area contributed by atoms with Crippen LogP contribution < -0.4 is 15.5 Å². The van der Waals surface area contributed by atoms with E-state index in [-0.39, 0.29) is 36.4 Å². The summed E-state index contributed by atoms with van der Waals surface area (Å²) in [6, 6.07) is 4.13. The van der Waals surface area contributed by atoms with Gasteiger partial charge in [-0.15, -0.1) is 11.3 Å². The molecule has 1 atom stereocenters. The van der Waals surface area contributed by atoms with Gasteiger partial charge in [0.2, 0.25) is 0 Å². The summed E-state index contributed by atoms with van der Waals surface area (Å²) >= 11 is 1.12. The number of anilines is 3. The lowest BCUT2D eigenvalue weighted by molar-refractivity contribution is 0.0984. The zero-order valence-electron chi connectivity index (χ0n) is 18.7. The molecule has 1 aromatic carbocycles. The number of hydrogen-bond acceptors (Lipinski definition) is 7. The first kappa shape index (κ1) is 18.0. The van der Waals surface area contributed by atoms with Crippen LogP contribution in [0.2, 0.25) is 0 Å². The average molecular weight is 457 g/mol. The Labute approximate surface area is 189 Å². The molecule has 162 valence electrons. The largest absolute Gasteiger partial charge is 0.395 e. The number of carbonyl (C=O) groups is 1. The molecule has 0 saturated carbocycles. The second-order valence-electron chi connectivity index (χ2n) is 7.55. The van der Waals surface area contributed by atoms with Crippen molar-refractivity contribution in [3.05, 3.63) is 52.4 Å². The molecule has 7 nitrogen and oxygen atoms in total. The summed E-state index contributed by atoms with van der Waals surface area (Å²) in [6.45, 7) is 0.872. The van der Waals surface area contributed by atoms with Gasteiger partial charge in [-0.05, 0) is 30.6 Å². The number of benzene rings is 1. The smallest absolute Gasteiger partial charge is 0.270 e. The molecule has 0 bridgehead atoms. The molecule has 2 aliphatic rings. The van der Waals surface area contributed by atoms with Gasteiger partial charge in [-0.2, -0.15) is 5.26 Å². The molecule has 3 aromatic rings. The van der Waals surface area contributed by atoms with E-state index in [1.54, 1.807) is 17.2 Å². The molecule has 1 amide bonds. The lowest BCUT2D eigenvalue weighted by Crippen LogP contribution is -2.37. The molecule has 2 N–H and O–H groups in total. The summed E-state index contributed by atoms with van der Waals surface area (Å²) in [7, 11) is 0. The minimum absolute atomic E-state index is 0.0248. The van der Waals surface area contributed by atoms with Crippen molar-refractivity contribution in [3.63, 3.8) is 0 Å². The number of halogens is 2. The summed E-state index contributed by atoms with van der Waals surface area (Å²) in [5, 5.41) is 9.98. The first-order valence-electron chi connectivity index (χ1n) is 10.9. The SMILES string of the molecule is [3H]c1cc(-c2nc3c(s2)C(=O)N(c2c([3H])cc(F)c(N)c2C#N)CC3)cnc1N1CCC(F)C1. The molecule has 1 fully saturated rings. The molecular formula is C22H18F2N6OS. The highest BCUT2D eigenvalue weighted by Gasteiger charge is 2.32. The molecule has 2 aromatic heterocycles. The van der Waals surface area contributed by atoms with Crippen LogP contribution >= 0.6 is 11.3 Å². The third kappa shape index (κ3) is 3.35. The zero-order chi connectivity index (χ0) is 24.1. The summed E-state index contributed by atoms with van der Waals surface area (Å²) in [4.78, 5) is 25.5. The number of fused-ring (bicyclic) bond motifs is 1. The standard InChI is InChI=1S/C22H18F2N6OS/c23-13-5-7-29(11-13)18-4-1-12(10-27-18)21-28-16-6-8-30(22(31)20(16)32-21)17-3-2-15(24)19(26)14(17)9-25/h1-4,10,13H,5-8,11,26H2/i3T,4T. The summed E-state index contributed by atoms with van der Waals surface area (Å²) in [5.74, 6) is -0.926. The van der Waals surface area contributed by atoms with Crippen molar-refractivity contribution in [2.45, 2.75) is 19.0 Å². The lowest BCUT2D eigenvalue weighted by Gasteiger charge is -2.27. The van der Waals surface area contributed by atoms with E-state index >= 15 is 0 Å². The number of amides is 1. The molecule has 2 aliphatic heterocycles. The fourth-order valence-electron chi connectivity index (χ4n) is 3.87. The number of rotatable bonds is 3. The number of alkyl halides is 1. The van der Waals surface area contributed by atoms with Crippen LogP contribution in [0.25, 0.3) is 10.6 Å². The summed E-state index contributed by atoms with van der Waals surface area (Å²) in [6.07, 6.45) is 1.41. The van der Waals surface area contributed by atoms with Gasteiger partial charge in [0.1, 0.15) is 39.3 Å². The zero-order valence-corrected chi connectivity index (χ0v) is 17.5. The van der Waals surface area contributed by atoms with E-state index in [1.165, 1.54) is 4.90 Å². The molecule has 32 heavy (non-hydrogen) atoms. The average Bonchev–Trinajstić information content (AvgIpc) is 3.43. The Hall–Kier alpha value is -3.58. The minimum Gasteiger partial charge on any atom is -0.395 e. The number of pyridine rings is 1. The maximum absolute atomic E-state index is 13.9. The number of thiazole rings is 1. The molecular weight excluding hydrogens is 434 g/mol. The van der Waals surface area contributed by atoms with Crippen molar-refractivity contribution >= 4 is 34.4 Å². The molecule has 0 aliphatic carbocycles. The normalized spacial score (nSPS) is 18.9. The third-order valence-corrected chi connectivity index (χ3v) is 6.68. The first-order valence-corrected chi connectivity index (χ1v) is 10.8. The number of nitrogens with zero attached hydrogens (tertiary/aromatic N) is 5. The molecule has 0 spiro atoms. The quantitative estimate of drug-likeness (QED) is 0.605. The molecule has 1 unspecified atom stereocenters. The second kappa shape index (κ2) is 7.84. The Bertz CT molecular complexity index is 1370. The van der Waals surface area contributed by atoms with Gasteiger partial charge in [-0.25, -0.2) is 18.7 Å². The third-order valence-electron chi connectivity index (χ3n) is 5.55. The number of hydrogen-bond donors (Lipinski definition) is 1. The van der Waals surface area contributed by atoms with Crippen LogP contribution in [0, 0.1) is 17.1 Å². The Morgan fingerprint density at radius 3 is 2.91 bits per heavy atom. The van der Waals surface area contributed by atoms with Gasteiger partial charge in [0.05, 0.1) is 26.4 Å². The number of aromatic nitrogens is 2. The fourth-order valence-corrected chi connectivity index (χ4v) is 4.91. The monoisotopic (exact) mass is 456 g/mol. The predicted octanol–water partition coefficient (Wildman–Crippen LogP) is 3.55. The van der Waals surface area contributed by atoms with Crippen LogP contribution in [0.15, 0.2) is 30.4 Å². The van der Waals surface area contributed by atoms with E-state index in [2.05, 4.69) is 9.97 Å². The number of nitrogens with two attached hydrogens (primary N) is 1. The van der Waals surface area contributed by atoms with Gasteiger partial charge < -0.3 is 15.5 Å². The van der Waals surface area contributed by atoms with Crippen LogP contribution in [0.3, 0.4) is 0 Å². The van der Waals surface area contributed by atoms with Gasteiger partial charge in [0, 0.05) is 31.3 Å². The Morgan fingerprint density at radius 2 is 2.19 bits per heavy atom. The summed E-state index contributed by atoms with van der Waals surface area (Å²) in [5.41, 5.74) is 6.15. The predicted molar refractivity (Wildman–Crippen MR) is 118 cm³/mol.